The molecule has 0 fully saturated rings. The molecule has 152 valence electrons. The van der Waals surface area contributed by atoms with Crippen molar-refractivity contribution in [2.75, 3.05) is 16.8 Å². The van der Waals surface area contributed by atoms with E-state index < -0.39 is 6.10 Å². The smallest absolute Gasteiger partial charge is 0.267 e. The minimum atomic E-state index is -0.836. The van der Waals surface area contributed by atoms with E-state index >= 15 is 0 Å². The zero-order valence-electron chi connectivity index (χ0n) is 16.2. The number of hydrogen-bond acceptors (Lipinski definition) is 4. The first-order valence-corrected chi connectivity index (χ1v) is 10.6. The van der Waals surface area contributed by atoms with Gasteiger partial charge in [0.1, 0.15) is 5.75 Å². The molecule has 0 aliphatic carbocycles. The summed E-state index contributed by atoms with van der Waals surface area (Å²) in [7, 11) is 0. The topological polar surface area (TPSA) is 58.6 Å². The van der Waals surface area contributed by atoms with Gasteiger partial charge in [-0.25, -0.2) is 0 Å². The van der Waals surface area contributed by atoms with E-state index in [-0.39, 0.29) is 18.4 Å². The van der Waals surface area contributed by atoms with Crippen molar-refractivity contribution >= 4 is 46.6 Å². The number of nitrogens with zero attached hydrogens (tertiary/aromatic N) is 1. The number of benzene rings is 3. The summed E-state index contributed by atoms with van der Waals surface area (Å²) in [6.07, 6.45) is -0.836. The van der Waals surface area contributed by atoms with Gasteiger partial charge in [-0.1, -0.05) is 53.7 Å². The van der Waals surface area contributed by atoms with Crippen molar-refractivity contribution in [3.63, 3.8) is 0 Å². The average molecular weight is 439 g/mol. The molecule has 5 nitrogen and oxygen atoms in total. The maximum Gasteiger partial charge on any atom is 0.267 e. The second-order valence-electron chi connectivity index (χ2n) is 6.75. The van der Waals surface area contributed by atoms with Crippen molar-refractivity contribution in [3.05, 3.63) is 77.8 Å². The number of hydrogen-bond donors (Lipinski definition) is 1. The number of anilines is 2. The van der Waals surface area contributed by atoms with Gasteiger partial charge in [0.2, 0.25) is 5.91 Å². The Hall–Kier alpha value is -2.96. The highest BCUT2D eigenvalue weighted by molar-refractivity contribution is 7.99. The second kappa shape index (κ2) is 8.81. The lowest BCUT2D eigenvalue weighted by molar-refractivity contribution is -0.123. The van der Waals surface area contributed by atoms with Gasteiger partial charge in [-0.3, -0.25) is 9.59 Å². The van der Waals surface area contributed by atoms with Crippen LogP contribution >= 0.6 is 23.4 Å². The fourth-order valence-corrected chi connectivity index (χ4v) is 4.26. The van der Waals surface area contributed by atoms with Crippen molar-refractivity contribution in [3.8, 4) is 5.75 Å². The Balaban J connectivity index is 1.57. The second-order valence-corrected chi connectivity index (χ2v) is 8.30. The summed E-state index contributed by atoms with van der Waals surface area (Å²) >= 11 is 7.70. The molecule has 1 aliphatic rings. The fourth-order valence-electron chi connectivity index (χ4n) is 3.19. The summed E-state index contributed by atoms with van der Waals surface area (Å²) in [6.45, 7) is 1.61. The van der Waals surface area contributed by atoms with Crippen molar-refractivity contribution in [2.24, 2.45) is 0 Å². The number of para-hydroxylation sites is 2. The van der Waals surface area contributed by atoms with Crippen LogP contribution in [-0.2, 0) is 9.59 Å². The number of nitrogens with one attached hydrogen (secondary N) is 1. The maximum atomic E-state index is 13.0. The van der Waals surface area contributed by atoms with Crippen molar-refractivity contribution in [1.82, 2.24) is 0 Å². The van der Waals surface area contributed by atoms with Crippen LogP contribution in [0, 0.1) is 0 Å². The van der Waals surface area contributed by atoms with Crippen LogP contribution in [0.2, 0.25) is 5.02 Å². The third-order valence-corrected chi connectivity index (χ3v) is 5.94. The molecule has 4 rings (SSSR count). The number of carbonyl (C=O) groups excluding carboxylic acids is 2. The number of ether oxygens (including phenoxy) is 1. The SMILES string of the molecule is CC(=O)N1C[C@H](C(=O)Nc2cc(Cl)ccc2Sc2ccccc2)Oc2ccccc21. The maximum absolute atomic E-state index is 13.0. The van der Waals surface area contributed by atoms with Gasteiger partial charge >= 0.3 is 0 Å². The summed E-state index contributed by atoms with van der Waals surface area (Å²) in [6, 6.07) is 22.4. The Morgan fingerprint density at radius 2 is 1.80 bits per heavy atom. The molecular formula is C23H19ClN2O3S. The van der Waals surface area contributed by atoms with E-state index in [1.165, 1.54) is 18.7 Å². The lowest BCUT2D eigenvalue weighted by Crippen LogP contribution is -2.48. The van der Waals surface area contributed by atoms with Crippen LogP contribution in [0.4, 0.5) is 11.4 Å². The number of amides is 2. The minimum absolute atomic E-state index is 0.139. The van der Waals surface area contributed by atoms with E-state index in [0.29, 0.717) is 22.1 Å². The van der Waals surface area contributed by atoms with E-state index in [1.807, 2.05) is 48.5 Å². The zero-order chi connectivity index (χ0) is 21.1. The largest absolute Gasteiger partial charge is 0.476 e. The van der Waals surface area contributed by atoms with E-state index in [0.717, 1.165) is 9.79 Å². The van der Waals surface area contributed by atoms with Crippen molar-refractivity contribution in [2.45, 2.75) is 22.8 Å². The molecule has 3 aromatic rings. The molecule has 0 unspecified atom stereocenters. The molecule has 0 saturated heterocycles. The molecule has 0 spiro atoms. The van der Waals surface area contributed by atoms with Gasteiger partial charge < -0.3 is 15.0 Å². The van der Waals surface area contributed by atoms with E-state index in [9.17, 15) is 9.59 Å². The highest BCUT2D eigenvalue weighted by Gasteiger charge is 2.32. The monoisotopic (exact) mass is 438 g/mol. The molecule has 30 heavy (non-hydrogen) atoms. The molecular weight excluding hydrogens is 420 g/mol. The minimum Gasteiger partial charge on any atom is -0.476 e. The van der Waals surface area contributed by atoms with Crippen LogP contribution in [0.3, 0.4) is 0 Å². The number of halogens is 1. The standard InChI is InChI=1S/C23H19ClN2O3S/c1-15(27)26-14-21(29-20-10-6-5-9-19(20)26)23(28)25-18-13-16(24)11-12-22(18)30-17-7-3-2-4-8-17/h2-13,21H,14H2,1H3,(H,25,28)/t21-/m1/s1. The van der Waals surface area contributed by atoms with E-state index in [4.69, 9.17) is 16.3 Å². The first kappa shape index (κ1) is 20.3. The van der Waals surface area contributed by atoms with E-state index in [1.54, 1.807) is 29.2 Å². The number of rotatable bonds is 4. The van der Waals surface area contributed by atoms with Gasteiger partial charge in [-0.15, -0.1) is 0 Å². The molecule has 1 aliphatic heterocycles. The molecule has 2 amide bonds. The van der Waals surface area contributed by atoms with Crippen LogP contribution < -0.4 is 15.0 Å². The molecule has 0 radical (unpaired) electrons. The molecule has 7 heteroatoms. The summed E-state index contributed by atoms with van der Waals surface area (Å²) in [4.78, 5) is 28.6. The Morgan fingerprint density at radius 1 is 1.07 bits per heavy atom. The van der Waals surface area contributed by atoms with Crippen LogP contribution in [0.1, 0.15) is 6.92 Å². The molecule has 1 atom stereocenters. The summed E-state index contributed by atoms with van der Waals surface area (Å²) in [5.41, 5.74) is 1.26. The molecule has 3 aromatic carbocycles. The summed E-state index contributed by atoms with van der Waals surface area (Å²) in [5, 5.41) is 3.44. The predicted octanol–water partition coefficient (Wildman–Crippen LogP) is 5.24. The highest BCUT2D eigenvalue weighted by atomic mass is 35.5. The molecule has 1 N–H and O–H groups in total. The lowest BCUT2D eigenvalue weighted by Gasteiger charge is -2.33. The average Bonchev–Trinajstić information content (AvgIpc) is 2.75. The number of carbonyl (C=O) groups is 2. The van der Waals surface area contributed by atoms with Gasteiger partial charge in [-0.05, 0) is 42.5 Å². The van der Waals surface area contributed by atoms with Crippen molar-refractivity contribution in [1.29, 1.82) is 0 Å². The Labute approximate surface area is 184 Å². The van der Waals surface area contributed by atoms with Crippen LogP contribution in [-0.4, -0.2) is 24.5 Å². The van der Waals surface area contributed by atoms with Crippen LogP contribution in [0.5, 0.6) is 5.75 Å². The van der Waals surface area contributed by atoms with Gasteiger partial charge in [0.25, 0.3) is 5.91 Å². The quantitative estimate of drug-likeness (QED) is 0.604. The van der Waals surface area contributed by atoms with Gasteiger partial charge in [0, 0.05) is 21.7 Å². The third kappa shape index (κ3) is 4.45. The number of fused-ring (bicyclic) bond motifs is 1. The van der Waals surface area contributed by atoms with Gasteiger partial charge in [-0.2, -0.15) is 0 Å². The van der Waals surface area contributed by atoms with Crippen LogP contribution in [0.15, 0.2) is 82.6 Å². The zero-order valence-corrected chi connectivity index (χ0v) is 17.7. The van der Waals surface area contributed by atoms with Crippen molar-refractivity contribution < 1.29 is 14.3 Å². The first-order valence-electron chi connectivity index (χ1n) is 9.38. The Bertz CT molecular complexity index is 1090. The molecule has 0 bridgehead atoms. The summed E-state index contributed by atoms with van der Waals surface area (Å²) in [5.74, 6) is 0.0173. The first-order chi connectivity index (χ1) is 14.5. The van der Waals surface area contributed by atoms with E-state index in [2.05, 4.69) is 5.32 Å². The third-order valence-electron chi connectivity index (χ3n) is 4.62. The van der Waals surface area contributed by atoms with Gasteiger partial charge in [0.05, 0.1) is 17.9 Å². The summed E-state index contributed by atoms with van der Waals surface area (Å²) < 4.78 is 5.89. The van der Waals surface area contributed by atoms with Crippen LogP contribution in [0.25, 0.3) is 0 Å². The lowest BCUT2D eigenvalue weighted by atomic mass is 10.1. The predicted molar refractivity (Wildman–Crippen MR) is 120 cm³/mol. The van der Waals surface area contributed by atoms with Gasteiger partial charge in [0.15, 0.2) is 6.10 Å². The fraction of sp³-hybridized carbons (Fsp3) is 0.130. The Morgan fingerprint density at radius 3 is 2.57 bits per heavy atom. The molecule has 1 heterocycles. The highest BCUT2D eigenvalue weighted by Crippen LogP contribution is 2.36. The normalized spacial score (nSPS) is 15.1. The molecule has 0 aromatic heterocycles. The Kier molecular flexibility index (Phi) is 5.97. The molecule has 0 saturated carbocycles.